The van der Waals surface area contributed by atoms with Gasteiger partial charge < -0.3 is 10.2 Å². The number of carbonyl (C=O) groups excluding carboxylic acids is 2. The van der Waals surface area contributed by atoms with E-state index in [0.29, 0.717) is 23.8 Å². The number of rotatable bonds is 4. The van der Waals surface area contributed by atoms with Crippen molar-refractivity contribution >= 4 is 34.8 Å². The van der Waals surface area contributed by atoms with Crippen molar-refractivity contribution in [2.45, 2.75) is 26.3 Å². The summed E-state index contributed by atoms with van der Waals surface area (Å²) in [4.78, 5) is 26.5. The molecule has 1 fully saturated rings. The molecule has 2 amide bonds. The predicted molar refractivity (Wildman–Crippen MR) is 76.2 cm³/mol. The van der Waals surface area contributed by atoms with Crippen LogP contribution in [0.15, 0.2) is 12.1 Å². The van der Waals surface area contributed by atoms with E-state index in [-0.39, 0.29) is 23.8 Å². The first-order valence-corrected chi connectivity index (χ1v) is 7.54. The van der Waals surface area contributed by atoms with E-state index in [1.165, 1.54) is 11.3 Å². The highest BCUT2D eigenvalue weighted by atomic mass is 35.5. The Morgan fingerprint density at radius 3 is 2.89 bits per heavy atom. The minimum atomic E-state index is -0.231. The van der Waals surface area contributed by atoms with Crippen LogP contribution in [0.1, 0.15) is 31.2 Å². The molecule has 104 valence electrons. The maximum absolute atomic E-state index is 12.1. The van der Waals surface area contributed by atoms with Gasteiger partial charge in [-0.05, 0) is 26.0 Å². The van der Waals surface area contributed by atoms with Gasteiger partial charge in [-0.15, -0.1) is 11.3 Å². The zero-order valence-corrected chi connectivity index (χ0v) is 12.6. The van der Waals surface area contributed by atoms with Crippen LogP contribution < -0.4 is 5.32 Å². The highest BCUT2D eigenvalue weighted by Gasteiger charge is 2.33. The summed E-state index contributed by atoms with van der Waals surface area (Å²) < 4.78 is 0.712. The van der Waals surface area contributed by atoms with Crippen molar-refractivity contribution in [1.29, 1.82) is 0 Å². The number of likely N-dealkylation sites (tertiary alicyclic amines) is 1. The normalized spacial score (nSPS) is 20.7. The summed E-state index contributed by atoms with van der Waals surface area (Å²) in [5.41, 5.74) is 0. The lowest BCUT2D eigenvalue weighted by atomic mass is 10.1. The number of hydrogen-bond acceptors (Lipinski definition) is 3. The van der Waals surface area contributed by atoms with Crippen molar-refractivity contribution in [1.82, 2.24) is 10.2 Å². The Balaban J connectivity index is 1.93. The van der Waals surface area contributed by atoms with E-state index in [2.05, 4.69) is 5.32 Å². The third kappa shape index (κ3) is 3.28. The number of carbonyl (C=O) groups is 2. The molecule has 19 heavy (non-hydrogen) atoms. The molecule has 2 atom stereocenters. The van der Waals surface area contributed by atoms with Crippen LogP contribution in [0.5, 0.6) is 0 Å². The second-order valence-corrected chi connectivity index (χ2v) is 6.45. The molecule has 0 aromatic carbocycles. The zero-order chi connectivity index (χ0) is 14.0. The Bertz CT molecular complexity index is 489. The van der Waals surface area contributed by atoms with Gasteiger partial charge in [-0.2, -0.15) is 0 Å². The summed E-state index contributed by atoms with van der Waals surface area (Å²) >= 11 is 7.34. The zero-order valence-electron chi connectivity index (χ0n) is 11.0. The standard InChI is InChI=1S/C13H17ClN2O2S/c1-3-16-7-9(6-12(16)17)13(18)15-8(2)10-4-5-11(14)19-10/h4-5,8-9H,3,6-7H2,1-2H3,(H,15,18). The van der Waals surface area contributed by atoms with Crippen LogP contribution in [0.25, 0.3) is 0 Å². The van der Waals surface area contributed by atoms with Gasteiger partial charge in [0.1, 0.15) is 0 Å². The van der Waals surface area contributed by atoms with Gasteiger partial charge in [0, 0.05) is 24.4 Å². The van der Waals surface area contributed by atoms with Crippen molar-refractivity contribution in [2.75, 3.05) is 13.1 Å². The molecule has 2 heterocycles. The van der Waals surface area contributed by atoms with Gasteiger partial charge in [-0.1, -0.05) is 11.6 Å². The van der Waals surface area contributed by atoms with Crippen LogP contribution in [-0.2, 0) is 9.59 Å². The first-order chi connectivity index (χ1) is 9.01. The smallest absolute Gasteiger partial charge is 0.225 e. The van der Waals surface area contributed by atoms with E-state index in [4.69, 9.17) is 11.6 Å². The van der Waals surface area contributed by atoms with Crippen molar-refractivity contribution in [3.8, 4) is 0 Å². The molecular weight excluding hydrogens is 284 g/mol. The lowest BCUT2D eigenvalue weighted by molar-refractivity contribution is -0.129. The van der Waals surface area contributed by atoms with Crippen LogP contribution in [0.4, 0.5) is 0 Å². The van der Waals surface area contributed by atoms with E-state index in [9.17, 15) is 9.59 Å². The molecule has 0 saturated carbocycles. The molecule has 1 aliphatic rings. The third-order valence-electron chi connectivity index (χ3n) is 3.35. The van der Waals surface area contributed by atoms with Crippen LogP contribution in [-0.4, -0.2) is 29.8 Å². The van der Waals surface area contributed by atoms with Crippen LogP contribution in [0.2, 0.25) is 4.34 Å². The molecule has 2 rings (SSSR count). The fraction of sp³-hybridized carbons (Fsp3) is 0.538. The maximum atomic E-state index is 12.1. The molecule has 1 N–H and O–H groups in total. The second-order valence-electron chi connectivity index (χ2n) is 4.71. The number of halogens is 1. The molecule has 4 nitrogen and oxygen atoms in total. The fourth-order valence-corrected chi connectivity index (χ4v) is 3.28. The van der Waals surface area contributed by atoms with Crippen molar-refractivity contribution in [3.63, 3.8) is 0 Å². The molecule has 0 radical (unpaired) electrons. The van der Waals surface area contributed by atoms with Gasteiger partial charge in [-0.3, -0.25) is 9.59 Å². The van der Waals surface area contributed by atoms with Crippen LogP contribution >= 0.6 is 22.9 Å². The Labute approximate surface area is 121 Å². The molecule has 1 aromatic rings. The van der Waals surface area contributed by atoms with E-state index in [1.54, 1.807) is 4.90 Å². The van der Waals surface area contributed by atoms with Crippen molar-refractivity contribution < 1.29 is 9.59 Å². The number of nitrogens with zero attached hydrogens (tertiary/aromatic N) is 1. The molecule has 1 aromatic heterocycles. The third-order valence-corrected chi connectivity index (χ3v) is 4.76. The molecular formula is C13H17ClN2O2S. The number of thiophene rings is 1. The molecule has 1 aliphatic heterocycles. The van der Waals surface area contributed by atoms with Gasteiger partial charge >= 0.3 is 0 Å². The largest absolute Gasteiger partial charge is 0.348 e. The summed E-state index contributed by atoms with van der Waals surface area (Å²) in [6, 6.07) is 3.66. The summed E-state index contributed by atoms with van der Waals surface area (Å²) in [5.74, 6) is -0.221. The average Bonchev–Trinajstić information content (AvgIpc) is 2.95. The molecule has 2 unspecified atom stereocenters. The Hall–Kier alpha value is -1.07. The first kappa shape index (κ1) is 14.3. The number of amides is 2. The molecule has 6 heteroatoms. The lowest BCUT2D eigenvalue weighted by Crippen LogP contribution is -2.34. The molecule has 0 bridgehead atoms. The Morgan fingerprint density at radius 1 is 1.63 bits per heavy atom. The Kier molecular flexibility index (Phi) is 4.47. The average molecular weight is 301 g/mol. The van der Waals surface area contributed by atoms with Gasteiger partial charge in [-0.25, -0.2) is 0 Å². The minimum absolute atomic E-state index is 0.0543. The van der Waals surface area contributed by atoms with E-state index in [1.807, 2.05) is 26.0 Å². The Morgan fingerprint density at radius 2 is 2.37 bits per heavy atom. The van der Waals surface area contributed by atoms with Gasteiger partial charge in [0.05, 0.1) is 16.3 Å². The fourth-order valence-electron chi connectivity index (χ4n) is 2.22. The summed E-state index contributed by atoms with van der Waals surface area (Å²) in [6.07, 6.45) is 0.317. The van der Waals surface area contributed by atoms with Crippen molar-refractivity contribution in [2.24, 2.45) is 5.92 Å². The summed E-state index contributed by atoms with van der Waals surface area (Å²) in [7, 11) is 0. The second kappa shape index (κ2) is 5.92. The van der Waals surface area contributed by atoms with Crippen LogP contribution in [0.3, 0.4) is 0 Å². The first-order valence-electron chi connectivity index (χ1n) is 6.34. The lowest BCUT2D eigenvalue weighted by Gasteiger charge is -2.16. The van der Waals surface area contributed by atoms with Gasteiger partial charge in [0.15, 0.2) is 0 Å². The number of hydrogen-bond donors (Lipinski definition) is 1. The quantitative estimate of drug-likeness (QED) is 0.928. The van der Waals surface area contributed by atoms with Crippen molar-refractivity contribution in [3.05, 3.63) is 21.3 Å². The maximum Gasteiger partial charge on any atom is 0.225 e. The highest BCUT2D eigenvalue weighted by Crippen LogP contribution is 2.27. The SMILES string of the molecule is CCN1CC(C(=O)NC(C)c2ccc(Cl)s2)CC1=O. The monoisotopic (exact) mass is 300 g/mol. The molecule has 1 saturated heterocycles. The van der Waals surface area contributed by atoms with E-state index >= 15 is 0 Å². The van der Waals surface area contributed by atoms with Crippen LogP contribution in [0, 0.1) is 5.92 Å². The highest BCUT2D eigenvalue weighted by molar-refractivity contribution is 7.16. The predicted octanol–water partition coefficient (Wildman–Crippen LogP) is 2.45. The summed E-state index contributed by atoms with van der Waals surface area (Å²) in [5, 5.41) is 2.95. The molecule has 0 aliphatic carbocycles. The summed E-state index contributed by atoms with van der Waals surface area (Å²) in [6.45, 7) is 5.04. The topological polar surface area (TPSA) is 49.4 Å². The van der Waals surface area contributed by atoms with E-state index in [0.717, 1.165) is 4.88 Å². The molecule has 0 spiro atoms. The number of nitrogens with one attached hydrogen (secondary N) is 1. The van der Waals surface area contributed by atoms with E-state index < -0.39 is 0 Å². The minimum Gasteiger partial charge on any atom is -0.348 e. The van der Waals surface area contributed by atoms with Gasteiger partial charge in [0.2, 0.25) is 11.8 Å². The van der Waals surface area contributed by atoms with Gasteiger partial charge in [0.25, 0.3) is 0 Å².